The van der Waals surface area contributed by atoms with Gasteiger partial charge in [-0.15, -0.1) is 5.10 Å². The van der Waals surface area contributed by atoms with E-state index in [2.05, 4.69) is 9.59 Å². The molecule has 2 aromatic rings. The van der Waals surface area contributed by atoms with Crippen molar-refractivity contribution >= 4 is 22.3 Å². The van der Waals surface area contributed by atoms with Crippen LogP contribution in [0.1, 0.15) is 11.3 Å². The van der Waals surface area contributed by atoms with Gasteiger partial charge in [-0.3, -0.25) is 0 Å². The highest BCUT2D eigenvalue weighted by Crippen LogP contribution is 2.21. The molecule has 1 atom stereocenters. The Morgan fingerprint density at radius 2 is 1.87 bits per heavy atom. The molecule has 78 valence electrons. The average molecular weight is 238 g/mol. The number of hydrogen-bond donors (Lipinski definition) is 0. The fourth-order valence-corrected chi connectivity index (χ4v) is 3.14. The first-order valence-electron chi connectivity index (χ1n) is 4.46. The molecule has 15 heavy (non-hydrogen) atoms. The number of nitrogens with zero attached hydrogens (tertiary/aromatic N) is 2. The minimum absolute atomic E-state index is 0.735. The summed E-state index contributed by atoms with van der Waals surface area (Å²) in [5.41, 5.74) is 1.91. The Hall–Kier alpha value is -1.07. The van der Waals surface area contributed by atoms with E-state index in [1.165, 1.54) is 11.5 Å². The quantitative estimate of drug-likeness (QED) is 0.806. The zero-order valence-electron chi connectivity index (χ0n) is 8.43. The second kappa shape index (κ2) is 4.20. The monoisotopic (exact) mass is 238 g/mol. The van der Waals surface area contributed by atoms with Gasteiger partial charge >= 0.3 is 0 Å². The zero-order valence-corrected chi connectivity index (χ0v) is 10.1. The maximum absolute atomic E-state index is 12.1. The Labute approximate surface area is 94.8 Å². The molecule has 1 aromatic heterocycles. The molecule has 5 heteroatoms. The van der Waals surface area contributed by atoms with Gasteiger partial charge in [-0.05, 0) is 37.5 Å². The van der Waals surface area contributed by atoms with E-state index >= 15 is 0 Å². The average Bonchev–Trinajstić information content (AvgIpc) is 2.65. The molecule has 0 aliphatic rings. The largest absolute Gasteiger partial charge is 0.248 e. The van der Waals surface area contributed by atoms with Crippen molar-refractivity contribution in [3.8, 4) is 0 Å². The Morgan fingerprint density at radius 3 is 2.40 bits per heavy atom. The molecular weight excluding hydrogens is 228 g/mol. The normalized spacial score (nSPS) is 12.7. The van der Waals surface area contributed by atoms with Crippen LogP contribution in [0.2, 0.25) is 0 Å². The van der Waals surface area contributed by atoms with Crippen molar-refractivity contribution in [1.29, 1.82) is 0 Å². The van der Waals surface area contributed by atoms with E-state index in [9.17, 15) is 4.21 Å². The van der Waals surface area contributed by atoms with Crippen LogP contribution in [0.4, 0.5) is 0 Å². The number of aromatic nitrogens is 2. The summed E-state index contributed by atoms with van der Waals surface area (Å²) in [7, 11) is -1.14. The number of aryl methyl sites for hydroxylation is 2. The minimum Gasteiger partial charge on any atom is -0.248 e. The van der Waals surface area contributed by atoms with Crippen molar-refractivity contribution in [1.82, 2.24) is 9.59 Å². The highest BCUT2D eigenvalue weighted by atomic mass is 32.2. The SMILES string of the molecule is Cc1ccc([S@@](=O)c2snnc2C)cc1. The second-order valence-electron chi connectivity index (χ2n) is 3.23. The predicted octanol–water partition coefficient (Wildman–Crippen LogP) is 2.32. The third-order valence-corrected chi connectivity index (χ3v) is 4.65. The van der Waals surface area contributed by atoms with Crippen LogP contribution in [0.15, 0.2) is 33.4 Å². The Balaban J connectivity index is 2.37. The summed E-state index contributed by atoms with van der Waals surface area (Å²) in [6.07, 6.45) is 0. The predicted molar refractivity (Wildman–Crippen MR) is 60.5 cm³/mol. The van der Waals surface area contributed by atoms with Crippen LogP contribution in [-0.4, -0.2) is 13.8 Å². The number of benzene rings is 1. The minimum atomic E-state index is -1.14. The molecule has 0 aliphatic heterocycles. The van der Waals surface area contributed by atoms with E-state index in [1.54, 1.807) is 0 Å². The van der Waals surface area contributed by atoms with E-state index in [4.69, 9.17) is 0 Å². The lowest BCUT2D eigenvalue weighted by Gasteiger charge is -1.99. The highest BCUT2D eigenvalue weighted by Gasteiger charge is 2.13. The van der Waals surface area contributed by atoms with Gasteiger partial charge in [-0.1, -0.05) is 22.2 Å². The van der Waals surface area contributed by atoms with Gasteiger partial charge in [0.1, 0.15) is 4.21 Å². The first kappa shape index (κ1) is 10.4. The Kier molecular flexibility index (Phi) is 2.93. The standard InChI is InChI=1S/C10H10N2OS2/c1-7-3-5-9(6-4-7)15(13)10-8(2)11-12-14-10/h3-6H,1-2H3/t15-/m1/s1. The van der Waals surface area contributed by atoms with E-state index in [0.29, 0.717) is 0 Å². The lowest BCUT2D eigenvalue weighted by molar-refractivity contribution is 0.684. The van der Waals surface area contributed by atoms with Gasteiger partial charge in [0.15, 0.2) is 0 Å². The molecule has 1 heterocycles. The fraction of sp³-hybridized carbons (Fsp3) is 0.200. The highest BCUT2D eigenvalue weighted by molar-refractivity contribution is 7.87. The van der Waals surface area contributed by atoms with Gasteiger partial charge in [0.25, 0.3) is 0 Å². The van der Waals surface area contributed by atoms with Crippen LogP contribution in [0.5, 0.6) is 0 Å². The summed E-state index contributed by atoms with van der Waals surface area (Å²) >= 11 is 1.20. The Bertz CT molecular complexity index is 490. The molecule has 0 saturated heterocycles. The first-order chi connectivity index (χ1) is 7.18. The maximum atomic E-state index is 12.1. The maximum Gasteiger partial charge on any atom is 0.140 e. The molecule has 0 unspecified atom stereocenters. The molecule has 0 aliphatic carbocycles. The van der Waals surface area contributed by atoms with Crippen LogP contribution in [-0.2, 0) is 10.8 Å². The van der Waals surface area contributed by atoms with Crippen molar-refractivity contribution in [3.05, 3.63) is 35.5 Å². The molecule has 1 aromatic carbocycles. The molecule has 0 fully saturated rings. The van der Waals surface area contributed by atoms with Crippen molar-refractivity contribution < 1.29 is 4.21 Å². The van der Waals surface area contributed by atoms with Gasteiger partial charge in [-0.25, -0.2) is 4.21 Å². The summed E-state index contributed by atoms with van der Waals surface area (Å²) in [5, 5.41) is 3.86. The summed E-state index contributed by atoms with van der Waals surface area (Å²) in [6, 6.07) is 7.67. The molecular formula is C10H10N2OS2. The molecule has 0 amide bonds. The molecule has 2 rings (SSSR count). The van der Waals surface area contributed by atoms with E-state index in [0.717, 1.165) is 20.4 Å². The number of rotatable bonds is 2. The first-order valence-corrected chi connectivity index (χ1v) is 6.38. The molecule has 0 N–H and O–H groups in total. The van der Waals surface area contributed by atoms with Gasteiger partial charge < -0.3 is 0 Å². The summed E-state index contributed by atoms with van der Waals surface area (Å²) in [6.45, 7) is 3.83. The van der Waals surface area contributed by atoms with Gasteiger partial charge in [-0.2, -0.15) is 0 Å². The summed E-state index contributed by atoms with van der Waals surface area (Å²) in [5.74, 6) is 0. The van der Waals surface area contributed by atoms with E-state index in [-0.39, 0.29) is 0 Å². The fourth-order valence-electron chi connectivity index (χ4n) is 1.16. The van der Waals surface area contributed by atoms with Crippen LogP contribution in [0.25, 0.3) is 0 Å². The summed E-state index contributed by atoms with van der Waals surface area (Å²) in [4.78, 5) is 0.801. The van der Waals surface area contributed by atoms with Crippen molar-refractivity contribution in [2.75, 3.05) is 0 Å². The van der Waals surface area contributed by atoms with Crippen LogP contribution in [0, 0.1) is 13.8 Å². The lowest BCUT2D eigenvalue weighted by Crippen LogP contribution is -1.92. The topological polar surface area (TPSA) is 42.9 Å². The lowest BCUT2D eigenvalue weighted by atomic mass is 10.2. The Morgan fingerprint density at radius 1 is 1.20 bits per heavy atom. The molecule has 0 saturated carbocycles. The van der Waals surface area contributed by atoms with Crippen molar-refractivity contribution in [2.45, 2.75) is 23.0 Å². The van der Waals surface area contributed by atoms with E-state index < -0.39 is 10.8 Å². The van der Waals surface area contributed by atoms with Crippen LogP contribution >= 0.6 is 11.5 Å². The molecule has 0 radical (unpaired) electrons. The van der Waals surface area contributed by atoms with Gasteiger partial charge in [0.05, 0.1) is 16.5 Å². The van der Waals surface area contributed by atoms with Gasteiger partial charge in [0, 0.05) is 4.90 Å². The second-order valence-corrected chi connectivity index (χ2v) is 5.66. The molecule has 3 nitrogen and oxygen atoms in total. The van der Waals surface area contributed by atoms with Crippen LogP contribution in [0.3, 0.4) is 0 Å². The van der Waals surface area contributed by atoms with E-state index in [1.807, 2.05) is 38.1 Å². The van der Waals surface area contributed by atoms with Crippen molar-refractivity contribution in [2.24, 2.45) is 0 Å². The van der Waals surface area contributed by atoms with Gasteiger partial charge in [0.2, 0.25) is 0 Å². The number of hydrogen-bond acceptors (Lipinski definition) is 4. The molecule has 0 spiro atoms. The van der Waals surface area contributed by atoms with Crippen LogP contribution < -0.4 is 0 Å². The third kappa shape index (κ3) is 2.13. The van der Waals surface area contributed by atoms with Crippen molar-refractivity contribution in [3.63, 3.8) is 0 Å². The zero-order chi connectivity index (χ0) is 10.8. The third-order valence-electron chi connectivity index (χ3n) is 2.01. The molecule has 0 bridgehead atoms. The summed E-state index contributed by atoms with van der Waals surface area (Å²) < 4.78 is 16.6. The smallest absolute Gasteiger partial charge is 0.140 e.